The van der Waals surface area contributed by atoms with Crippen LogP contribution >= 0.6 is 0 Å². The number of carboxylic acid groups (broad SMARTS) is 1. The van der Waals surface area contributed by atoms with E-state index in [0.717, 1.165) is 22.3 Å². The average molecular weight is 564 g/mol. The molecule has 0 saturated carbocycles. The lowest BCUT2D eigenvalue weighted by Gasteiger charge is -2.27. The molecule has 0 radical (unpaired) electrons. The third-order valence-electron chi connectivity index (χ3n) is 7.43. The Morgan fingerprint density at radius 2 is 1.68 bits per heavy atom. The molecule has 2 aliphatic rings. The van der Waals surface area contributed by atoms with Crippen molar-refractivity contribution in [2.45, 2.75) is 76.5 Å². The highest BCUT2D eigenvalue weighted by atomic mass is 16.5. The van der Waals surface area contributed by atoms with E-state index in [1.807, 2.05) is 57.2 Å². The summed E-state index contributed by atoms with van der Waals surface area (Å²) in [6.45, 7) is 10.8. The van der Waals surface area contributed by atoms with Crippen LogP contribution in [-0.2, 0) is 19.1 Å². The minimum atomic E-state index is -1.03. The number of carboxylic acids is 1. The van der Waals surface area contributed by atoms with Gasteiger partial charge in [0.15, 0.2) is 5.88 Å². The number of carbonyl (C=O) groups is 3. The Balaban J connectivity index is 1.37. The summed E-state index contributed by atoms with van der Waals surface area (Å²) in [6.07, 6.45) is 1.98. The van der Waals surface area contributed by atoms with E-state index >= 15 is 0 Å². The van der Waals surface area contributed by atoms with E-state index in [-0.39, 0.29) is 18.1 Å². The average Bonchev–Trinajstić information content (AvgIpc) is 3.53. The summed E-state index contributed by atoms with van der Waals surface area (Å²) in [4.78, 5) is 39.6. The van der Waals surface area contributed by atoms with E-state index in [1.165, 1.54) is 4.90 Å². The summed E-state index contributed by atoms with van der Waals surface area (Å²) in [7, 11) is 0. The van der Waals surface area contributed by atoms with Crippen molar-refractivity contribution < 1.29 is 29.0 Å². The molecule has 1 fully saturated rings. The molecule has 1 aliphatic heterocycles. The number of amides is 2. The number of hydrogen-bond acceptors (Lipinski definition) is 6. The molecule has 41 heavy (non-hydrogen) atoms. The smallest absolute Gasteiger partial charge is 0.407 e. The van der Waals surface area contributed by atoms with Gasteiger partial charge in [-0.15, -0.1) is 0 Å². The molecule has 0 aromatic heterocycles. The first-order valence-corrected chi connectivity index (χ1v) is 14.3. The number of fused-ring (bicyclic) bond motifs is 3. The molecule has 0 bridgehead atoms. The van der Waals surface area contributed by atoms with Crippen molar-refractivity contribution in [3.05, 3.63) is 72.1 Å². The number of alkyl carbamates (subject to hydrolysis) is 1. The third kappa shape index (κ3) is 7.60. The molecule has 0 spiro atoms. The summed E-state index contributed by atoms with van der Waals surface area (Å²) < 4.78 is 11.4. The van der Waals surface area contributed by atoms with Crippen LogP contribution in [0.2, 0.25) is 0 Å². The lowest BCUT2D eigenvalue weighted by Crippen LogP contribution is -2.51. The minimum absolute atomic E-state index is 0.105. The topological polar surface area (TPSA) is 117 Å². The SMILES string of the molecule is C=C(NCCCC[C@H](NC(=O)OCC1c2ccccc2-c2ccccc21)C(=O)N1CCC[C@H]1C(=O)O)OC(C)(C)C. The molecule has 2 amide bonds. The highest BCUT2D eigenvalue weighted by molar-refractivity contribution is 5.89. The lowest BCUT2D eigenvalue weighted by atomic mass is 9.98. The van der Waals surface area contributed by atoms with Crippen molar-refractivity contribution in [2.75, 3.05) is 19.7 Å². The maximum absolute atomic E-state index is 13.5. The number of likely N-dealkylation sites (tertiary alicyclic amines) is 1. The molecule has 1 aliphatic carbocycles. The number of benzene rings is 2. The van der Waals surface area contributed by atoms with E-state index in [1.54, 1.807) is 0 Å². The Morgan fingerprint density at radius 3 is 2.29 bits per heavy atom. The van der Waals surface area contributed by atoms with Gasteiger partial charge in [0, 0.05) is 19.0 Å². The summed E-state index contributed by atoms with van der Waals surface area (Å²) >= 11 is 0. The van der Waals surface area contributed by atoms with Crippen LogP contribution in [0.15, 0.2) is 61.0 Å². The van der Waals surface area contributed by atoms with Crippen molar-refractivity contribution >= 4 is 18.0 Å². The van der Waals surface area contributed by atoms with Crippen molar-refractivity contribution in [1.29, 1.82) is 0 Å². The molecular formula is C32H41N3O6. The molecule has 2 atom stereocenters. The van der Waals surface area contributed by atoms with Crippen LogP contribution in [0.4, 0.5) is 4.79 Å². The largest absolute Gasteiger partial charge is 0.480 e. The molecule has 3 N–H and O–H groups in total. The van der Waals surface area contributed by atoms with Crippen LogP contribution in [0, 0.1) is 0 Å². The second kappa shape index (κ2) is 13.1. The van der Waals surface area contributed by atoms with Gasteiger partial charge in [-0.05, 0) is 81.7 Å². The molecule has 4 rings (SSSR count). The second-order valence-electron chi connectivity index (χ2n) is 11.6. The zero-order valence-electron chi connectivity index (χ0n) is 24.2. The van der Waals surface area contributed by atoms with E-state index < -0.39 is 30.1 Å². The summed E-state index contributed by atoms with van der Waals surface area (Å²) in [5, 5.41) is 15.5. The first-order chi connectivity index (χ1) is 19.5. The fraction of sp³-hybridized carbons (Fsp3) is 0.469. The molecule has 9 heteroatoms. The standard InChI is InChI=1S/C32H41N3O6/c1-21(41-32(2,3)4)33-18-10-9-16-27(29(36)35-19-11-17-28(35)30(37)38)34-31(39)40-20-26-24-14-7-5-12-22(24)23-13-6-8-15-25(23)26/h5-8,12-15,26-28,33H,1,9-11,16-20H2,2-4H3,(H,34,39)(H,37,38)/t27-,28-/m0/s1. The number of aliphatic carboxylic acids is 1. The van der Waals surface area contributed by atoms with Crippen LogP contribution in [-0.4, -0.2) is 65.4 Å². The monoisotopic (exact) mass is 563 g/mol. The maximum Gasteiger partial charge on any atom is 0.407 e. The van der Waals surface area contributed by atoms with Crippen LogP contribution < -0.4 is 10.6 Å². The van der Waals surface area contributed by atoms with Crippen molar-refractivity contribution in [3.8, 4) is 11.1 Å². The molecule has 1 saturated heterocycles. The number of carbonyl (C=O) groups excluding carboxylic acids is 2. The van der Waals surface area contributed by atoms with Gasteiger partial charge in [-0.3, -0.25) is 4.79 Å². The number of hydrogen-bond donors (Lipinski definition) is 3. The predicted molar refractivity (Wildman–Crippen MR) is 156 cm³/mol. The number of rotatable bonds is 12. The van der Waals surface area contributed by atoms with Gasteiger partial charge in [-0.2, -0.15) is 0 Å². The van der Waals surface area contributed by atoms with Gasteiger partial charge in [0.25, 0.3) is 0 Å². The zero-order valence-corrected chi connectivity index (χ0v) is 24.2. The summed E-state index contributed by atoms with van der Waals surface area (Å²) in [5.74, 6) is -1.05. The van der Waals surface area contributed by atoms with Crippen molar-refractivity contribution in [1.82, 2.24) is 15.5 Å². The van der Waals surface area contributed by atoms with Crippen LogP contribution in [0.25, 0.3) is 11.1 Å². The Hall–Kier alpha value is -4.01. The molecule has 2 aromatic carbocycles. The Kier molecular flexibility index (Phi) is 9.57. The lowest BCUT2D eigenvalue weighted by molar-refractivity contribution is -0.149. The molecule has 1 heterocycles. The molecule has 9 nitrogen and oxygen atoms in total. The van der Waals surface area contributed by atoms with E-state index in [0.29, 0.717) is 51.1 Å². The van der Waals surface area contributed by atoms with Gasteiger partial charge in [0.2, 0.25) is 5.91 Å². The molecule has 0 unspecified atom stereocenters. The first-order valence-electron chi connectivity index (χ1n) is 14.3. The van der Waals surface area contributed by atoms with Gasteiger partial charge in [-0.1, -0.05) is 48.5 Å². The first kappa shape index (κ1) is 30.0. The molecule has 2 aromatic rings. The molecule has 220 valence electrons. The van der Waals surface area contributed by atoms with E-state index in [4.69, 9.17) is 9.47 Å². The number of nitrogens with one attached hydrogen (secondary N) is 2. The maximum atomic E-state index is 13.5. The minimum Gasteiger partial charge on any atom is -0.480 e. The summed E-state index contributed by atoms with van der Waals surface area (Å²) in [6, 6.07) is 14.4. The number of ether oxygens (including phenoxy) is 2. The zero-order chi connectivity index (χ0) is 29.6. The van der Waals surface area contributed by atoms with Crippen LogP contribution in [0.1, 0.15) is 69.9 Å². The Bertz CT molecular complexity index is 1220. The van der Waals surface area contributed by atoms with Gasteiger partial charge in [-0.25, -0.2) is 9.59 Å². The van der Waals surface area contributed by atoms with E-state index in [2.05, 4.69) is 29.3 Å². The third-order valence-corrected chi connectivity index (χ3v) is 7.43. The van der Waals surface area contributed by atoms with Gasteiger partial charge >= 0.3 is 12.1 Å². The van der Waals surface area contributed by atoms with Gasteiger partial charge in [0.1, 0.15) is 24.3 Å². The Morgan fingerprint density at radius 1 is 1.05 bits per heavy atom. The highest BCUT2D eigenvalue weighted by Gasteiger charge is 2.38. The highest BCUT2D eigenvalue weighted by Crippen LogP contribution is 2.44. The Labute approximate surface area is 241 Å². The fourth-order valence-electron chi connectivity index (χ4n) is 5.63. The molecular weight excluding hydrogens is 522 g/mol. The van der Waals surface area contributed by atoms with E-state index in [9.17, 15) is 19.5 Å². The van der Waals surface area contributed by atoms with Crippen LogP contribution in [0.3, 0.4) is 0 Å². The van der Waals surface area contributed by atoms with Crippen molar-refractivity contribution in [2.24, 2.45) is 0 Å². The van der Waals surface area contributed by atoms with Crippen LogP contribution in [0.5, 0.6) is 0 Å². The fourth-order valence-corrected chi connectivity index (χ4v) is 5.63. The predicted octanol–water partition coefficient (Wildman–Crippen LogP) is 5.02. The number of nitrogens with zero attached hydrogens (tertiary/aromatic N) is 1. The summed E-state index contributed by atoms with van der Waals surface area (Å²) in [5.41, 5.74) is 4.09. The van der Waals surface area contributed by atoms with Gasteiger partial charge in [0.05, 0.1) is 0 Å². The second-order valence-corrected chi connectivity index (χ2v) is 11.6. The van der Waals surface area contributed by atoms with Gasteiger partial charge < -0.3 is 30.1 Å². The normalized spacial score (nSPS) is 16.9. The quantitative estimate of drug-likeness (QED) is 0.245. The number of unbranched alkanes of at least 4 members (excludes halogenated alkanes) is 1. The van der Waals surface area contributed by atoms with Crippen molar-refractivity contribution in [3.63, 3.8) is 0 Å².